The Balaban J connectivity index is 1.72. The van der Waals surface area contributed by atoms with E-state index >= 15 is 0 Å². The van der Waals surface area contributed by atoms with Crippen LogP contribution in [0.25, 0.3) is 0 Å². The minimum Gasteiger partial charge on any atom is -0.444 e. The number of rotatable bonds is 1. The molecule has 0 aromatic carbocycles. The van der Waals surface area contributed by atoms with Crippen LogP contribution in [0.1, 0.15) is 40.0 Å². The first-order valence-electron chi connectivity index (χ1n) is 6.68. The predicted octanol–water partition coefficient (Wildman–Crippen LogP) is 2.09. The molecule has 0 N–H and O–H groups in total. The first-order chi connectivity index (χ1) is 7.96. The summed E-state index contributed by atoms with van der Waals surface area (Å²) in [5.74, 6) is 0. The zero-order chi connectivity index (χ0) is 12.5. The summed E-state index contributed by atoms with van der Waals surface area (Å²) in [6, 6.07) is 0.572. The topological polar surface area (TPSA) is 32.8 Å². The molecule has 2 fully saturated rings. The standard InChI is InChI=1S/C13H24N2O2/c1-13(2,3)17-12(16)15-9-11(10-15)14-7-5-4-6-8-14/h11H,4-10H2,1-3H3. The van der Waals surface area contributed by atoms with Crippen LogP contribution in [0.2, 0.25) is 0 Å². The van der Waals surface area contributed by atoms with Crippen molar-refractivity contribution in [1.29, 1.82) is 0 Å². The second-order valence-corrected chi connectivity index (χ2v) is 6.14. The fraction of sp³-hybridized carbons (Fsp3) is 0.923. The van der Waals surface area contributed by atoms with Crippen molar-refractivity contribution in [2.75, 3.05) is 26.2 Å². The van der Waals surface area contributed by atoms with Crippen molar-refractivity contribution in [3.8, 4) is 0 Å². The smallest absolute Gasteiger partial charge is 0.410 e. The van der Waals surface area contributed by atoms with Gasteiger partial charge in [0.2, 0.25) is 0 Å². The molecule has 0 spiro atoms. The van der Waals surface area contributed by atoms with Gasteiger partial charge in [-0.3, -0.25) is 4.90 Å². The molecule has 0 unspecified atom stereocenters. The normalized spacial score (nSPS) is 23.4. The van der Waals surface area contributed by atoms with Gasteiger partial charge < -0.3 is 9.64 Å². The molecule has 0 aromatic heterocycles. The van der Waals surface area contributed by atoms with Crippen LogP contribution in [0.4, 0.5) is 4.79 Å². The van der Waals surface area contributed by atoms with Gasteiger partial charge >= 0.3 is 6.09 Å². The number of carbonyl (C=O) groups excluding carboxylic acids is 1. The fourth-order valence-corrected chi connectivity index (χ4v) is 2.45. The van der Waals surface area contributed by atoms with Crippen LogP contribution in [-0.2, 0) is 4.74 Å². The molecule has 2 aliphatic heterocycles. The number of hydrogen-bond donors (Lipinski definition) is 0. The van der Waals surface area contributed by atoms with Gasteiger partial charge in [0.1, 0.15) is 5.60 Å². The Labute approximate surface area is 104 Å². The van der Waals surface area contributed by atoms with Crippen molar-refractivity contribution < 1.29 is 9.53 Å². The Morgan fingerprint density at radius 3 is 2.24 bits per heavy atom. The number of ether oxygens (including phenoxy) is 1. The first-order valence-corrected chi connectivity index (χ1v) is 6.68. The van der Waals surface area contributed by atoms with Crippen molar-refractivity contribution in [2.45, 2.75) is 51.7 Å². The lowest BCUT2D eigenvalue weighted by Crippen LogP contribution is -2.62. The molecule has 0 bridgehead atoms. The monoisotopic (exact) mass is 240 g/mol. The van der Waals surface area contributed by atoms with Gasteiger partial charge in [0, 0.05) is 19.1 Å². The lowest BCUT2D eigenvalue weighted by molar-refractivity contribution is -0.0186. The average molecular weight is 240 g/mol. The van der Waals surface area contributed by atoms with Crippen LogP contribution in [0, 0.1) is 0 Å². The average Bonchev–Trinajstić information content (AvgIpc) is 2.14. The highest BCUT2D eigenvalue weighted by atomic mass is 16.6. The van der Waals surface area contributed by atoms with Gasteiger partial charge in [-0.1, -0.05) is 6.42 Å². The van der Waals surface area contributed by atoms with Gasteiger partial charge in [0.15, 0.2) is 0 Å². The summed E-state index contributed by atoms with van der Waals surface area (Å²) in [4.78, 5) is 16.1. The minimum absolute atomic E-state index is 0.161. The Bertz CT molecular complexity index is 274. The fourth-order valence-electron chi connectivity index (χ4n) is 2.45. The molecular weight excluding hydrogens is 216 g/mol. The van der Waals surface area contributed by atoms with E-state index in [4.69, 9.17) is 4.74 Å². The molecule has 0 aromatic rings. The van der Waals surface area contributed by atoms with E-state index in [-0.39, 0.29) is 11.7 Å². The van der Waals surface area contributed by atoms with E-state index in [1.165, 1.54) is 32.4 Å². The van der Waals surface area contributed by atoms with Crippen molar-refractivity contribution in [1.82, 2.24) is 9.80 Å². The quantitative estimate of drug-likeness (QED) is 0.703. The van der Waals surface area contributed by atoms with Crippen LogP contribution >= 0.6 is 0 Å². The number of amides is 1. The largest absolute Gasteiger partial charge is 0.444 e. The van der Waals surface area contributed by atoms with Crippen LogP contribution in [-0.4, -0.2) is 53.7 Å². The Morgan fingerprint density at radius 1 is 1.12 bits per heavy atom. The lowest BCUT2D eigenvalue weighted by atomic mass is 10.0. The second-order valence-electron chi connectivity index (χ2n) is 6.14. The van der Waals surface area contributed by atoms with Gasteiger partial charge in [-0.05, 0) is 46.7 Å². The SMILES string of the molecule is CC(C)(C)OC(=O)N1CC(N2CCCCC2)C1. The minimum atomic E-state index is -0.382. The molecule has 4 nitrogen and oxygen atoms in total. The van der Waals surface area contributed by atoms with Crippen LogP contribution < -0.4 is 0 Å². The van der Waals surface area contributed by atoms with E-state index in [1.807, 2.05) is 25.7 Å². The van der Waals surface area contributed by atoms with E-state index in [1.54, 1.807) is 0 Å². The lowest BCUT2D eigenvalue weighted by Gasteiger charge is -2.46. The van der Waals surface area contributed by atoms with Gasteiger partial charge in [0.25, 0.3) is 0 Å². The number of piperidine rings is 1. The van der Waals surface area contributed by atoms with Crippen LogP contribution in [0.15, 0.2) is 0 Å². The summed E-state index contributed by atoms with van der Waals surface area (Å²) in [5.41, 5.74) is -0.382. The third kappa shape index (κ3) is 3.35. The third-order valence-corrected chi connectivity index (χ3v) is 3.42. The van der Waals surface area contributed by atoms with Crippen LogP contribution in [0.3, 0.4) is 0 Å². The molecule has 0 radical (unpaired) electrons. The number of carbonyl (C=O) groups is 1. The molecule has 2 rings (SSSR count). The van der Waals surface area contributed by atoms with Gasteiger partial charge in [-0.15, -0.1) is 0 Å². The van der Waals surface area contributed by atoms with E-state index in [0.29, 0.717) is 6.04 Å². The molecule has 17 heavy (non-hydrogen) atoms. The highest BCUT2D eigenvalue weighted by Crippen LogP contribution is 2.21. The summed E-state index contributed by atoms with van der Waals surface area (Å²) in [5, 5.41) is 0. The first kappa shape index (κ1) is 12.7. The van der Waals surface area contributed by atoms with Gasteiger partial charge in [-0.25, -0.2) is 4.79 Å². The molecule has 0 saturated carbocycles. The Kier molecular flexibility index (Phi) is 3.61. The molecule has 1 amide bonds. The zero-order valence-corrected chi connectivity index (χ0v) is 11.2. The van der Waals surface area contributed by atoms with Crippen molar-refractivity contribution >= 4 is 6.09 Å². The maximum atomic E-state index is 11.8. The number of likely N-dealkylation sites (tertiary alicyclic amines) is 2. The number of nitrogens with zero attached hydrogens (tertiary/aromatic N) is 2. The van der Waals surface area contributed by atoms with E-state index in [2.05, 4.69) is 4.90 Å². The van der Waals surface area contributed by atoms with Gasteiger partial charge in [0.05, 0.1) is 0 Å². The molecule has 0 aliphatic carbocycles. The molecule has 2 heterocycles. The van der Waals surface area contributed by atoms with Crippen molar-refractivity contribution in [3.05, 3.63) is 0 Å². The molecule has 0 atom stereocenters. The van der Waals surface area contributed by atoms with E-state index in [0.717, 1.165) is 13.1 Å². The maximum absolute atomic E-state index is 11.8. The van der Waals surface area contributed by atoms with Crippen molar-refractivity contribution in [3.63, 3.8) is 0 Å². The molecule has 4 heteroatoms. The second kappa shape index (κ2) is 4.84. The molecule has 2 aliphatic rings. The summed E-state index contributed by atoms with van der Waals surface area (Å²) in [6.45, 7) is 9.82. The summed E-state index contributed by atoms with van der Waals surface area (Å²) >= 11 is 0. The zero-order valence-electron chi connectivity index (χ0n) is 11.2. The van der Waals surface area contributed by atoms with Crippen molar-refractivity contribution in [2.24, 2.45) is 0 Å². The Morgan fingerprint density at radius 2 is 1.71 bits per heavy atom. The maximum Gasteiger partial charge on any atom is 0.410 e. The van der Waals surface area contributed by atoms with Gasteiger partial charge in [-0.2, -0.15) is 0 Å². The summed E-state index contributed by atoms with van der Waals surface area (Å²) in [6.07, 6.45) is 3.82. The third-order valence-electron chi connectivity index (χ3n) is 3.42. The van der Waals surface area contributed by atoms with E-state index in [9.17, 15) is 4.79 Å². The number of hydrogen-bond acceptors (Lipinski definition) is 3. The summed E-state index contributed by atoms with van der Waals surface area (Å²) < 4.78 is 5.35. The Hall–Kier alpha value is -0.770. The van der Waals surface area contributed by atoms with Crippen LogP contribution in [0.5, 0.6) is 0 Å². The molecular formula is C13H24N2O2. The predicted molar refractivity (Wildman–Crippen MR) is 67.0 cm³/mol. The molecule has 2 saturated heterocycles. The highest BCUT2D eigenvalue weighted by molar-refractivity contribution is 5.69. The highest BCUT2D eigenvalue weighted by Gasteiger charge is 2.37. The molecule has 98 valence electrons. The summed E-state index contributed by atoms with van der Waals surface area (Å²) in [7, 11) is 0. The van der Waals surface area contributed by atoms with E-state index < -0.39 is 0 Å².